The molecule has 0 N–H and O–H groups in total. The molecule has 0 aromatic rings. The molecule has 0 saturated carbocycles. The number of hydrogen-bond acceptors (Lipinski definition) is 3. The van der Waals surface area contributed by atoms with Crippen LogP contribution in [0.4, 0.5) is 13.2 Å². The van der Waals surface area contributed by atoms with Crippen LogP contribution in [0.1, 0.15) is 20.3 Å². The second kappa shape index (κ2) is 5.14. The molecule has 1 heterocycles. The highest BCUT2D eigenvalue weighted by molar-refractivity contribution is 5.77. The molecular weight excluding hydrogens is 247 g/mol. The van der Waals surface area contributed by atoms with Gasteiger partial charge in [0.2, 0.25) is 5.91 Å². The van der Waals surface area contributed by atoms with Crippen molar-refractivity contribution in [2.45, 2.75) is 32.0 Å². The molecule has 102 valence electrons. The highest BCUT2D eigenvalue weighted by Gasteiger charge is 2.36. The van der Waals surface area contributed by atoms with E-state index in [9.17, 15) is 18.0 Å². The Kier molecular flexibility index (Phi) is 4.22. The maximum atomic E-state index is 12.1. The van der Waals surface area contributed by atoms with Crippen LogP contribution >= 0.6 is 0 Å². The number of nitrogens with zero attached hydrogens (tertiary/aromatic N) is 3. The van der Waals surface area contributed by atoms with E-state index in [4.69, 9.17) is 5.26 Å². The Balaban J connectivity index is 2.50. The first kappa shape index (κ1) is 14.8. The fourth-order valence-electron chi connectivity index (χ4n) is 1.87. The molecule has 0 unspecified atom stereocenters. The van der Waals surface area contributed by atoms with E-state index in [1.54, 1.807) is 13.8 Å². The third-order valence-corrected chi connectivity index (χ3v) is 3.05. The van der Waals surface area contributed by atoms with E-state index >= 15 is 0 Å². The number of piperazine rings is 1. The summed E-state index contributed by atoms with van der Waals surface area (Å²) in [6.45, 7) is 4.81. The van der Waals surface area contributed by atoms with E-state index in [1.165, 1.54) is 4.90 Å². The smallest absolute Gasteiger partial charge is 0.340 e. The number of halogens is 3. The molecule has 1 aliphatic heterocycles. The lowest BCUT2D eigenvalue weighted by Gasteiger charge is -2.40. The molecule has 1 rings (SSSR count). The monoisotopic (exact) mass is 263 g/mol. The Bertz CT molecular complexity index is 352. The normalized spacial score (nSPS) is 18.6. The van der Waals surface area contributed by atoms with Gasteiger partial charge in [-0.25, -0.2) is 0 Å². The molecule has 0 bridgehead atoms. The SMILES string of the molecule is CC(C)(C#N)N1CCN(C(=O)CC(F)(F)F)CC1. The summed E-state index contributed by atoms with van der Waals surface area (Å²) >= 11 is 0. The largest absolute Gasteiger partial charge is 0.397 e. The minimum absolute atomic E-state index is 0.236. The molecule has 1 saturated heterocycles. The van der Waals surface area contributed by atoms with Gasteiger partial charge in [-0.2, -0.15) is 18.4 Å². The fraction of sp³-hybridized carbons (Fsp3) is 0.818. The molecule has 0 aliphatic carbocycles. The van der Waals surface area contributed by atoms with Gasteiger partial charge >= 0.3 is 6.18 Å². The van der Waals surface area contributed by atoms with E-state index in [0.717, 1.165) is 0 Å². The van der Waals surface area contributed by atoms with Crippen LogP contribution in [0.25, 0.3) is 0 Å². The summed E-state index contributed by atoms with van der Waals surface area (Å²) in [5.41, 5.74) is -0.654. The number of hydrogen-bond donors (Lipinski definition) is 0. The van der Waals surface area contributed by atoms with Crippen LogP contribution in [0.2, 0.25) is 0 Å². The van der Waals surface area contributed by atoms with Gasteiger partial charge in [-0.15, -0.1) is 0 Å². The Morgan fingerprint density at radius 2 is 1.72 bits per heavy atom. The van der Waals surface area contributed by atoms with E-state index < -0.39 is 24.0 Å². The van der Waals surface area contributed by atoms with Crippen LogP contribution in [0.15, 0.2) is 0 Å². The van der Waals surface area contributed by atoms with Crippen molar-refractivity contribution >= 4 is 5.91 Å². The van der Waals surface area contributed by atoms with Crippen LogP contribution in [-0.2, 0) is 4.79 Å². The van der Waals surface area contributed by atoms with Crippen LogP contribution < -0.4 is 0 Å². The van der Waals surface area contributed by atoms with Gasteiger partial charge in [-0.3, -0.25) is 9.69 Å². The molecule has 18 heavy (non-hydrogen) atoms. The van der Waals surface area contributed by atoms with Crippen molar-refractivity contribution in [2.75, 3.05) is 26.2 Å². The van der Waals surface area contributed by atoms with Crippen molar-refractivity contribution in [3.8, 4) is 6.07 Å². The summed E-state index contributed by atoms with van der Waals surface area (Å²) in [7, 11) is 0. The predicted molar refractivity (Wildman–Crippen MR) is 58.5 cm³/mol. The van der Waals surface area contributed by atoms with Crippen molar-refractivity contribution in [1.29, 1.82) is 5.26 Å². The summed E-state index contributed by atoms with van der Waals surface area (Å²) < 4.78 is 36.2. The van der Waals surface area contributed by atoms with Gasteiger partial charge in [0.25, 0.3) is 0 Å². The lowest BCUT2D eigenvalue weighted by atomic mass is 10.0. The van der Waals surface area contributed by atoms with Crippen molar-refractivity contribution in [3.63, 3.8) is 0 Å². The second-order valence-corrected chi connectivity index (χ2v) is 4.83. The molecule has 0 radical (unpaired) electrons. The van der Waals surface area contributed by atoms with Crippen molar-refractivity contribution in [1.82, 2.24) is 9.80 Å². The number of carbonyl (C=O) groups is 1. The third kappa shape index (κ3) is 3.88. The summed E-state index contributed by atoms with van der Waals surface area (Å²) in [5, 5.41) is 8.95. The average molecular weight is 263 g/mol. The van der Waals surface area contributed by atoms with Crippen LogP contribution in [0.3, 0.4) is 0 Å². The molecule has 1 fully saturated rings. The van der Waals surface area contributed by atoms with Gasteiger partial charge in [0.1, 0.15) is 12.0 Å². The third-order valence-electron chi connectivity index (χ3n) is 3.05. The average Bonchev–Trinajstić information content (AvgIpc) is 2.27. The molecule has 0 atom stereocenters. The highest BCUT2D eigenvalue weighted by atomic mass is 19.4. The standard InChI is InChI=1S/C11H16F3N3O/c1-10(2,8-15)17-5-3-16(4-6-17)9(18)7-11(12,13)14/h3-7H2,1-2H3. The first-order chi connectivity index (χ1) is 8.15. The summed E-state index contributed by atoms with van der Waals surface area (Å²) in [5.74, 6) is -0.892. The van der Waals surface area contributed by atoms with Gasteiger partial charge in [0.05, 0.1) is 6.07 Å². The van der Waals surface area contributed by atoms with Gasteiger partial charge in [-0.05, 0) is 13.8 Å². The molecule has 1 aliphatic rings. The lowest BCUT2D eigenvalue weighted by Crippen LogP contribution is -2.55. The summed E-state index contributed by atoms with van der Waals surface area (Å²) in [6, 6.07) is 2.14. The Morgan fingerprint density at radius 3 is 2.11 bits per heavy atom. The zero-order valence-electron chi connectivity index (χ0n) is 10.4. The zero-order valence-corrected chi connectivity index (χ0v) is 10.4. The van der Waals surface area contributed by atoms with E-state index in [-0.39, 0.29) is 13.1 Å². The second-order valence-electron chi connectivity index (χ2n) is 4.83. The maximum Gasteiger partial charge on any atom is 0.397 e. The van der Waals surface area contributed by atoms with Crippen molar-refractivity contribution in [3.05, 3.63) is 0 Å². The highest BCUT2D eigenvalue weighted by Crippen LogP contribution is 2.22. The zero-order chi connectivity index (χ0) is 14.0. The van der Waals surface area contributed by atoms with E-state index in [2.05, 4.69) is 6.07 Å². The number of rotatable bonds is 2. The molecule has 4 nitrogen and oxygen atoms in total. The molecule has 0 aromatic carbocycles. The molecular formula is C11H16F3N3O. The van der Waals surface area contributed by atoms with Gasteiger partial charge in [0.15, 0.2) is 0 Å². The van der Waals surface area contributed by atoms with Crippen LogP contribution in [0, 0.1) is 11.3 Å². The molecule has 0 spiro atoms. The quantitative estimate of drug-likeness (QED) is 0.756. The molecule has 1 amide bonds. The van der Waals surface area contributed by atoms with E-state index in [1.807, 2.05) is 4.90 Å². The van der Waals surface area contributed by atoms with Crippen LogP contribution in [0.5, 0.6) is 0 Å². The van der Waals surface area contributed by atoms with Gasteiger partial charge in [0, 0.05) is 26.2 Å². The van der Waals surface area contributed by atoms with Gasteiger partial charge in [-0.1, -0.05) is 0 Å². The Morgan fingerprint density at radius 1 is 1.22 bits per heavy atom. The summed E-state index contributed by atoms with van der Waals surface area (Å²) in [6.07, 6.45) is -5.87. The van der Waals surface area contributed by atoms with Crippen molar-refractivity contribution in [2.24, 2.45) is 0 Å². The number of alkyl halides is 3. The van der Waals surface area contributed by atoms with Crippen molar-refractivity contribution < 1.29 is 18.0 Å². The van der Waals surface area contributed by atoms with Crippen LogP contribution in [-0.4, -0.2) is 53.6 Å². The summed E-state index contributed by atoms with van der Waals surface area (Å²) in [4.78, 5) is 14.4. The first-order valence-electron chi connectivity index (χ1n) is 5.66. The number of carbonyl (C=O) groups excluding carboxylic acids is 1. The molecule has 7 heteroatoms. The molecule has 0 aromatic heterocycles. The topological polar surface area (TPSA) is 47.3 Å². The maximum absolute atomic E-state index is 12.1. The Labute approximate surface area is 104 Å². The fourth-order valence-corrected chi connectivity index (χ4v) is 1.87. The lowest BCUT2D eigenvalue weighted by molar-refractivity contribution is -0.162. The predicted octanol–water partition coefficient (Wildman–Crippen LogP) is 1.39. The number of amides is 1. The minimum Gasteiger partial charge on any atom is -0.340 e. The van der Waals surface area contributed by atoms with E-state index in [0.29, 0.717) is 13.1 Å². The first-order valence-corrected chi connectivity index (χ1v) is 5.66. The van der Waals surface area contributed by atoms with Gasteiger partial charge < -0.3 is 4.90 Å². The number of nitriles is 1. The Hall–Kier alpha value is -1.29. The minimum atomic E-state index is -4.46.